The van der Waals surface area contributed by atoms with E-state index in [1.807, 2.05) is 0 Å². The van der Waals surface area contributed by atoms with Gasteiger partial charge in [0.2, 0.25) is 0 Å². The lowest BCUT2D eigenvalue weighted by atomic mass is 9.80. The van der Waals surface area contributed by atoms with Gasteiger partial charge in [-0.05, 0) is 49.6 Å². The van der Waals surface area contributed by atoms with Crippen molar-refractivity contribution >= 4 is 11.6 Å². The molecule has 148 valence electrons. The van der Waals surface area contributed by atoms with Crippen LogP contribution < -0.4 is 5.73 Å². The van der Waals surface area contributed by atoms with Crippen molar-refractivity contribution in [2.24, 2.45) is 10.7 Å². The van der Waals surface area contributed by atoms with Crippen molar-refractivity contribution in [3.63, 3.8) is 0 Å². The highest BCUT2D eigenvalue weighted by atomic mass is 19.2. The molecule has 1 aliphatic rings. The van der Waals surface area contributed by atoms with Gasteiger partial charge in [-0.1, -0.05) is 6.07 Å². The Balaban J connectivity index is 1.90. The van der Waals surface area contributed by atoms with Gasteiger partial charge >= 0.3 is 0 Å². The zero-order valence-corrected chi connectivity index (χ0v) is 15.2. The fourth-order valence-corrected chi connectivity index (χ4v) is 3.23. The molecule has 2 aromatic rings. The van der Waals surface area contributed by atoms with Crippen LogP contribution in [-0.4, -0.2) is 28.9 Å². The molecule has 0 unspecified atom stereocenters. The summed E-state index contributed by atoms with van der Waals surface area (Å²) in [5.41, 5.74) is 2.83. The molecule has 8 heteroatoms. The fraction of sp³-hybridized carbons (Fsp3) is 0.350. The summed E-state index contributed by atoms with van der Waals surface area (Å²) in [6.07, 6.45) is 0.691. The van der Waals surface area contributed by atoms with Crippen LogP contribution in [0.25, 0.3) is 0 Å². The van der Waals surface area contributed by atoms with Gasteiger partial charge in [-0.2, -0.15) is 0 Å². The predicted octanol–water partition coefficient (Wildman–Crippen LogP) is 3.83. The standard InChI is InChI=1S/C20H19F4N3O/c1-19(6-7-20(24,11-21)18(25)27-19)14-8-12(2-4-15(14)23)9-17(28)16-5-3-13(22)10-26-16/h2-5,8,10H,6-7,9,11H2,1H3,(H2,25,27)/t19-,20+/m0/s1. The number of Topliss-reactive ketones (excluding diaryl/α,β-unsaturated/α-hetero) is 1. The van der Waals surface area contributed by atoms with Gasteiger partial charge in [-0.25, -0.2) is 17.6 Å². The van der Waals surface area contributed by atoms with E-state index in [0.29, 0.717) is 5.56 Å². The molecule has 2 N–H and O–H groups in total. The molecule has 28 heavy (non-hydrogen) atoms. The number of hydrogen-bond donors (Lipinski definition) is 1. The van der Waals surface area contributed by atoms with E-state index in [9.17, 15) is 22.4 Å². The van der Waals surface area contributed by atoms with Gasteiger partial charge in [0.1, 0.15) is 29.8 Å². The molecule has 1 aliphatic heterocycles. The topological polar surface area (TPSA) is 68.3 Å². The number of pyridine rings is 1. The van der Waals surface area contributed by atoms with Crippen LogP contribution >= 0.6 is 0 Å². The number of carbonyl (C=O) groups is 1. The molecule has 1 aromatic heterocycles. The first-order valence-corrected chi connectivity index (χ1v) is 8.71. The Labute approximate surface area is 159 Å². The third kappa shape index (κ3) is 3.76. The molecular weight excluding hydrogens is 374 g/mol. The van der Waals surface area contributed by atoms with Gasteiger partial charge in [-0.3, -0.25) is 14.8 Å². The Morgan fingerprint density at radius 1 is 1.21 bits per heavy atom. The number of alkyl halides is 2. The van der Waals surface area contributed by atoms with Gasteiger partial charge in [0.25, 0.3) is 0 Å². The first kappa shape index (κ1) is 20.0. The summed E-state index contributed by atoms with van der Waals surface area (Å²) in [5, 5.41) is 0. The molecule has 0 radical (unpaired) electrons. The number of aromatic nitrogens is 1. The fourth-order valence-electron chi connectivity index (χ4n) is 3.23. The lowest BCUT2D eigenvalue weighted by molar-refractivity contribution is 0.0988. The number of ketones is 1. The Hall–Kier alpha value is -2.77. The molecule has 2 atom stereocenters. The maximum atomic E-state index is 14.5. The first-order chi connectivity index (χ1) is 13.2. The molecule has 4 nitrogen and oxygen atoms in total. The second kappa shape index (κ2) is 7.33. The minimum Gasteiger partial charge on any atom is -0.385 e. The molecule has 0 amide bonds. The van der Waals surface area contributed by atoms with E-state index in [0.717, 1.165) is 12.3 Å². The predicted molar refractivity (Wildman–Crippen MR) is 96.7 cm³/mol. The number of carbonyl (C=O) groups excluding carboxylic acids is 1. The molecule has 0 bridgehead atoms. The Morgan fingerprint density at radius 3 is 2.57 bits per heavy atom. The highest BCUT2D eigenvalue weighted by Crippen LogP contribution is 2.40. The monoisotopic (exact) mass is 393 g/mol. The van der Waals surface area contributed by atoms with E-state index >= 15 is 0 Å². The second-order valence-electron chi connectivity index (χ2n) is 7.15. The number of halogens is 4. The van der Waals surface area contributed by atoms with E-state index in [1.54, 1.807) is 6.92 Å². The largest absolute Gasteiger partial charge is 0.385 e. The number of nitrogens with two attached hydrogens (primary N) is 1. The van der Waals surface area contributed by atoms with Gasteiger partial charge in [-0.15, -0.1) is 0 Å². The maximum absolute atomic E-state index is 14.5. The van der Waals surface area contributed by atoms with E-state index in [-0.39, 0.29) is 36.3 Å². The minimum absolute atomic E-state index is 0.0575. The normalized spacial score (nSPS) is 24.7. The number of aliphatic imine (C=N–C) groups is 1. The summed E-state index contributed by atoms with van der Waals surface area (Å²) >= 11 is 0. The SMILES string of the molecule is C[C@@]1(c2cc(CC(=O)c3ccc(F)cn3)ccc2F)CC[C@@](F)(CF)C(N)=N1. The molecular formula is C20H19F4N3O. The number of hydrogen-bond acceptors (Lipinski definition) is 4. The van der Waals surface area contributed by atoms with Crippen molar-refractivity contribution in [1.29, 1.82) is 0 Å². The van der Waals surface area contributed by atoms with Crippen LogP contribution in [0.3, 0.4) is 0 Å². The lowest BCUT2D eigenvalue weighted by Gasteiger charge is -2.36. The van der Waals surface area contributed by atoms with E-state index in [2.05, 4.69) is 9.98 Å². The number of nitrogens with zero attached hydrogens (tertiary/aromatic N) is 2. The molecule has 3 rings (SSSR count). The third-order valence-corrected chi connectivity index (χ3v) is 5.03. The summed E-state index contributed by atoms with van der Waals surface area (Å²) in [5.74, 6) is -2.00. The Bertz CT molecular complexity index is 932. The highest BCUT2D eigenvalue weighted by molar-refractivity contribution is 5.95. The van der Waals surface area contributed by atoms with Gasteiger partial charge < -0.3 is 5.73 Å². The average Bonchev–Trinajstić information content (AvgIpc) is 2.67. The van der Waals surface area contributed by atoms with Gasteiger partial charge in [0.05, 0.1) is 11.7 Å². The highest BCUT2D eigenvalue weighted by Gasteiger charge is 2.44. The van der Waals surface area contributed by atoms with Crippen LogP contribution in [0.1, 0.15) is 41.4 Å². The maximum Gasteiger partial charge on any atom is 0.195 e. The molecule has 0 fully saturated rings. The van der Waals surface area contributed by atoms with Crippen molar-refractivity contribution in [1.82, 2.24) is 4.98 Å². The van der Waals surface area contributed by atoms with E-state index in [1.165, 1.54) is 24.3 Å². The summed E-state index contributed by atoms with van der Waals surface area (Å²) < 4.78 is 54.7. The zero-order valence-electron chi connectivity index (χ0n) is 15.2. The lowest BCUT2D eigenvalue weighted by Crippen LogP contribution is -2.48. The van der Waals surface area contributed by atoms with Crippen LogP contribution in [0.5, 0.6) is 0 Å². The van der Waals surface area contributed by atoms with E-state index in [4.69, 9.17) is 5.73 Å². The molecule has 0 saturated heterocycles. The Morgan fingerprint density at radius 2 is 1.96 bits per heavy atom. The summed E-state index contributed by atoms with van der Waals surface area (Å²) in [6.45, 7) is 0.295. The van der Waals surface area contributed by atoms with Crippen LogP contribution in [0.4, 0.5) is 17.6 Å². The van der Waals surface area contributed by atoms with Gasteiger partial charge in [0.15, 0.2) is 11.5 Å². The molecule has 0 spiro atoms. The first-order valence-electron chi connectivity index (χ1n) is 8.71. The number of benzene rings is 1. The summed E-state index contributed by atoms with van der Waals surface area (Å²) in [6, 6.07) is 6.51. The zero-order chi connectivity index (χ0) is 20.5. The third-order valence-electron chi connectivity index (χ3n) is 5.03. The van der Waals surface area contributed by atoms with Crippen LogP contribution in [-0.2, 0) is 12.0 Å². The average molecular weight is 393 g/mol. The second-order valence-corrected chi connectivity index (χ2v) is 7.15. The molecule has 1 aromatic carbocycles. The molecule has 0 aliphatic carbocycles. The van der Waals surface area contributed by atoms with Crippen LogP contribution in [0.2, 0.25) is 0 Å². The van der Waals surface area contributed by atoms with Crippen molar-refractivity contribution in [2.45, 2.75) is 37.4 Å². The summed E-state index contributed by atoms with van der Waals surface area (Å²) in [4.78, 5) is 20.1. The van der Waals surface area contributed by atoms with Crippen molar-refractivity contribution in [2.75, 3.05) is 6.67 Å². The van der Waals surface area contributed by atoms with Gasteiger partial charge in [0, 0.05) is 12.0 Å². The van der Waals surface area contributed by atoms with Crippen molar-refractivity contribution in [3.8, 4) is 0 Å². The van der Waals surface area contributed by atoms with E-state index < -0.39 is 35.4 Å². The molecule has 2 heterocycles. The number of amidine groups is 1. The van der Waals surface area contributed by atoms with Crippen molar-refractivity contribution < 1.29 is 22.4 Å². The Kier molecular flexibility index (Phi) is 5.23. The van der Waals surface area contributed by atoms with Crippen molar-refractivity contribution in [3.05, 3.63) is 65.0 Å². The quantitative estimate of drug-likeness (QED) is 0.620. The molecule has 0 saturated carbocycles. The van der Waals surface area contributed by atoms with Crippen LogP contribution in [0.15, 0.2) is 41.5 Å². The number of rotatable bonds is 5. The smallest absolute Gasteiger partial charge is 0.195 e. The van der Waals surface area contributed by atoms with Crippen LogP contribution in [0, 0.1) is 11.6 Å². The minimum atomic E-state index is -2.34. The summed E-state index contributed by atoms with van der Waals surface area (Å²) in [7, 11) is 0.